The molecule has 1 aromatic heterocycles. The molecule has 1 heterocycles. The largest absolute Gasteiger partial charge is 0.436 e. The van der Waals surface area contributed by atoms with E-state index >= 15 is 0 Å². The van der Waals surface area contributed by atoms with Crippen molar-refractivity contribution in [2.24, 2.45) is 0 Å². The quantitative estimate of drug-likeness (QED) is 0.143. The number of para-hydroxylation sites is 1. The lowest BCUT2D eigenvalue weighted by Crippen LogP contribution is -2.11. The zero-order valence-electron chi connectivity index (χ0n) is 34.9. The molecule has 0 atom stereocenters. The van der Waals surface area contributed by atoms with Crippen molar-refractivity contribution in [1.82, 2.24) is 4.98 Å². The van der Waals surface area contributed by atoms with E-state index < -0.39 is 0 Å². The third-order valence-corrected chi connectivity index (χ3v) is 12.5. The fourth-order valence-corrected chi connectivity index (χ4v) is 9.39. The van der Waals surface area contributed by atoms with Crippen LogP contribution in [0.4, 0.5) is 17.1 Å². The molecule has 0 saturated heterocycles. The van der Waals surface area contributed by atoms with Gasteiger partial charge in [0.15, 0.2) is 5.58 Å². The number of hydrogen-bond donors (Lipinski definition) is 0. The lowest BCUT2D eigenvalue weighted by atomic mass is 9.93. The van der Waals surface area contributed by atoms with Gasteiger partial charge in [0.05, 0.1) is 5.69 Å². The molecule has 3 nitrogen and oxygen atoms in total. The Bertz CT molecular complexity index is 3630. The first-order chi connectivity index (χ1) is 31.7. The molecular weight excluding hydrogens is 777 g/mol. The first kappa shape index (κ1) is 37.2. The standard InChI is InChI=1S/C61H40N2O/c1-3-15-43(16-4-1)51-21-13-14-26-58(51)63(49-37-33-45(34-38-49)56-39-47-19-7-8-20-50(47)52-22-9-10-23-53(52)56)48-35-31-42(32-36-48)41-27-29-44(30-28-41)57-40-59-60(55-25-12-11-24-54(55)57)62-61(64-59)46-17-5-2-6-18-46/h1-40H. The molecule has 12 rings (SSSR count). The molecule has 0 radical (unpaired) electrons. The topological polar surface area (TPSA) is 29.3 Å². The number of anilines is 3. The number of oxazole rings is 1. The summed E-state index contributed by atoms with van der Waals surface area (Å²) in [5.74, 6) is 0.630. The van der Waals surface area contributed by atoms with E-state index in [2.05, 4.69) is 217 Å². The molecular formula is C61H40N2O. The molecule has 0 aliphatic carbocycles. The number of fused-ring (bicyclic) bond motifs is 6. The van der Waals surface area contributed by atoms with Gasteiger partial charge in [-0.3, -0.25) is 0 Å². The van der Waals surface area contributed by atoms with Crippen LogP contribution in [0, 0.1) is 0 Å². The number of aromatic nitrogens is 1. The van der Waals surface area contributed by atoms with Crippen molar-refractivity contribution in [3.05, 3.63) is 243 Å². The molecule has 0 amide bonds. The second-order valence-corrected chi connectivity index (χ2v) is 16.3. The molecule has 300 valence electrons. The summed E-state index contributed by atoms with van der Waals surface area (Å²) < 4.78 is 6.38. The van der Waals surface area contributed by atoms with Gasteiger partial charge in [0.1, 0.15) is 5.52 Å². The molecule has 3 heteroatoms. The number of benzene rings is 11. The smallest absolute Gasteiger partial charge is 0.227 e. The van der Waals surface area contributed by atoms with Crippen LogP contribution in [0.1, 0.15) is 0 Å². The van der Waals surface area contributed by atoms with Gasteiger partial charge in [-0.15, -0.1) is 0 Å². The summed E-state index contributed by atoms with van der Waals surface area (Å²) in [4.78, 5) is 7.32. The van der Waals surface area contributed by atoms with Crippen molar-refractivity contribution in [3.8, 4) is 56.0 Å². The molecule has 0 fully saturated rings. The second kappa shape index (κ2) is 15.7. The summed E-state index contributed by atoms with van der Waals surface area (Å²) in [7, 11) is 0. The van der Waals surface area contributed by atoms with Crippen LogP contribution in [0.15, 0.2) is 247 Å². The van der Waals surface area contributed by atoms with Crippen LogP contribution in [0.5, 0.6) is 0 Å². The van der Waals surface area contributed by atoms with Crippen LogP contribution < -0.4 is 4.90 Å². The lowest BCUT2D eigenvalue weighted by Gasteiger charge is -2.28. The molecule has 0 bridgehead atoms. The second-order valence-electron chi connectivity index (χ2n) is 16.3. The highest BCUT2D eigenvalue weighted by Crippen LogP contribution is 2.43. The van der Waals surface area contributed by atoms with Gasteiger partial charge < -0.3 is 9.32 Å². The molecule has 0 aliphatic rings. The van der Waals surface area contributed by atoms with E-state index in [0.29, 0.717) is 5.89 Å². The first-order valence-corrected chi connectivity index (χ1v) is 21.8. The summed E-state index contributed by atoms with van der Waals surface area (Å²) >= 11 is 0. The highest BCUT2D eigenvalue weighted by Gasteiger charge is 2.19. The highest BCUT2D eigenvalue weighted by molar-refractivity contribution is 6.14. The van der Waals surface area contributed by atoms with Crippen LogP contribution >= 0.6 is 0 Å². The Hall–Kier alpha value is -8.53. The Kier molecular flexibility index (Phi) is 9.16. The minimum Gasteiger partial charge on any atom is -0.436 e. The summed E-state index contributed by atoms with van der Waals surface area (Å²) in [5.41, 5.74) is 15.2. The van der Waals surface area contributed by atoms with Gasteiger partial charge in [0.2, 0.25) is 5.89 Å². The van der Waals surface area contributed by atoms with Gasteiger partial charge in [-0.25, -0.2) is 4.98 Å². The zero-order valence-corrected chi connectivity index (χ0v) is 34.9. The maximum atomic E-state index is 6.38. The van der Waals surface area contributed by atoms with Crippen LogP contribution in [0.25, 0.3) is 99.4 Å². The first-order valence-electron chi connectivity index (χ1n) is 21.8. The fourth-order valence-electron chi connectivity index (χ4n) is 9.39. The van der Waals surface area contributed by atoms with E-state index in [-0.39, 0.29) is 0 Å². The third-order valence-electron chi connectivity index (χ3n) is 12.5. The Morgan fingerprint density at radius 2 is 0.766 bits per heavy atom. The number of rotatable bonds is 8. The van der Waals surface area contributed by atoms with E-state index in [0.717, 1.165) is 66.8 Å². The predicted octanol–water partition coefficient (Wildman–Crippen LogP) is 17.1. The number of hydrogen-bond acceptors (Lipinski definition) is 3. The molecule has 0 spiro atoms. The van der Waals surface area contributed by atoms with Gasteiger partial charge in [-0.1, -0.05) is 188 Å². The van der Waals surface area contributed by atoms with Crippen molar-refractivity contribution in [2.75, 3.05) is 4.90 Å². The highest BCUT2D eigenvalue weighted by atomic mass is 16.3. The third kappa shape index (κ3) is 6.59. The minimum atomic E-state index is 0.630. The van der Waals surface area contributed by atoms with Crippen molar-refractivity contribution in [3.63, 3.8) is 0 Å². The van der Waals surface area contributed by atoms with Crippen molar-refractivity contribution in [2.45, 2.75) is 0 Å². The Morgan fingerprint density at radius 1 is 0.312 bits per heavy atom. The van der Waals surface area contributed by atoms with Gasteiger partial charge in [0, 0.05) is 27.9 Å². The van der Waals surface area contributed by atoms with Gasteiger partial charge in [-0.2, -0.15) is 0 Å². The van der Waals surface area contributed by atoms with Gasteiger partial charge >= 0.3 is 0 Å². The maximum absolute atomic E-state index is 6.38. The predicted molar refractivity (Wildman–Crippen MR) is 268 cm³/mol. The zero-order chi connectivity index (χ0) is 42.4. The summed E-state index contributed by atoms with van der Waals surface area (Å²) in [5, 5.41) is 7.27. The summed E-state index contributed by atoms with van der Waals surface area (Å²) in [6.45, 7) is 0. The average molecular weight is 817 g/mol. The molecule has 12 aromatic rings. The van der Waals surface area contributed by atoms with Gasteiger partial charge in [-0.05, 0) is 120 Å². The van der Waals surface area contributed by atoms with Crippen molar-refractivity contribution >= 4 is 60.5 Å². The Morgan fingerprint density at radius 3 is 1.44 bits per heavy atom. The number of nitrogens with zero attached hydrogens (tertiary/aromatic N) is 2. The fraction of sp³-hybridized carbons (Fsp3) is 0. The van der Waals surface area contributed by atoms with Crippen LogP contribution in [-0.2, 0) is 0 Å². The maximum Gasteiger partial charge on any atom is 0.227 e. The van der Waals surface area contributed by atoms with E-state index in [1.807, 2.05) is 30.3 Å². The van der Waals surface area contributed by atoms with E-state index in [1.54, 1.807) is 0 Å². The average Bonchev–Trinajstić information content (AvgIpc) is 3.82. The molecule has 0 saturated carbocycles. The van der Waals surface area contributed by atoms with E-state index in [1.165, 1.54) is 43.8 Å². The normalized spacial score (nSPS) is 11.4. The van der Waals surface area contributed by atoms with E-state index in [4.69, 9.17) is 9.40 Å². The lowest BCUT2D eigenvalue weighted by molar-refractivity contribution is 0.620. The Labute approximate surface area is 371 Å². The molecule has 0 N–H and O–H groups in total. The van der Waals surface area contributed by atoms with Crippen molar-refractivity contribution < 1.29 is 4.42 Å². The summed E-state index contributed by atoms with van der Waals surface area (Å²) in [6.07, 6.45) is 0. The molecule has 0 unspecified atom stereocenters. The molecule has 11 aromatic carbocycles. The minimum absolute atomic E-state index is 0.630. The SMILES string of the molecule is c1ccc(-c2nc3c(cc(-c4ccc(-c5ccc(N(c6ccc(-c7cc8ccccc8c8ccccc78)cc6)c6ccccc6-c6ccccc6)cc5)cc4)c4ccccc43)o2)cc1. The Balaban J connectivity index is 0.910. The molecule has 0 aliphatic heterocycles. The van der Waals surface area contributed by atoms with Crippen LogP contribution in [0.2, 0.25) is 0 Å². The monoisotopic (exact) mass is 816 g/mol. The molecule has 64 heavy (non-hydrogen) atoms. The van der Waals surface area contributed by atoms with Gasteiger partial charge in [0.25, 0.3) is 0 Å². The van der Waals surface area contributed by atoms with Crippen LogP contribution in [0.3, 0.4) is 0 Å². The van der Waals surface area contributed by atoms with E-state index in [9.17, 15) is 0 Å². The summed E-state index contributed by atoms with van der Waals surface area (Å²) in [6, 6.07) is 86.7. The van der Waals surface area contributed by atoms with Crippen LogP contribution in [-0.4, -0.2) is 4.98 Å². The van der Waals surface area contributed by atoms with Crippen molar-refractivity contribution in [1.29, 1.82) is 0 Å².